The molecule has 140 valence electrons. The van der Waals surface area contributed by atoms with Crippen molar-refractivity contribution in [1.29, 1.82) is 0 Å². The van der Waals surface area contributed by atoms with Crippen molar-refractivity contribution < 1.29 is 14.5 Å². The Morgan fingerprint density at radius 3 is 2.81 bits per heavy atom. The van der Waals surface area contributed by atoms with Crippen molar-refractivity contribution in [2.75, 3.05) is 19.7 Å². The normalized spacial score (nSPS) is 34.3. The zero-order valence-electron chi connectivity index (χ0n) is 14.5. The largest absolute Gasteiger partial charge is 0.370 e. The summed E-state index contributed by atoms with van der Waals surface area (Å²) < 4.78 is 5.84. The van der Waals surface area contributed by atoms with Crippen LogP contribution in [0.2, 0.25) is 0 Å². The van der Waals surface area contributed by atoms with Gasteiger partial charge in [-0.25, -0.2) is 5.43 Å². The molecule has 26 heavy (non-hydrogen) atoms. The summed E-state index contributed by atoms with van der Waals surface area (Å²) in [6.07, 6.45) is 1.61. The SMILES string of the molecule is O=C(C1NNC2CCC([N+](=O)[O-])CC21)N1CCOC(c2ccccc2)C1. The van der Waals surface area contributed by atoms with Gasteiger partial charge in [0, 0.05) is 36.3 Å². The number of carbonyl (C=O) groups excluding carboxylic acids is 1. The second-order valence-corrected chi connectivity index (χ2v) is 7.34. The van der Waals surface area contributed by atoms with Gasteiger partial charge < -0.3 is 9.64 Å². The maximum atomic E-state index is 13.1. The van der Waals surface area contributed by atoms with E-state index in [1.807, 2.05) is 35.2 Å². The van der Waals surface area contributed by atoms with Crippen LogP contribution in [0.1, 0.15) is 30.9 Å². The second kappa shape index (κ2) is 7.30. The van der Waals surface area contributed by atoms with E-state index >= 15 is 0 Å². The summed E-state index contributed by atoms with van der Waals surface area (Å²) in [4.78, 5) is 25.9. The van der Waals surface area contributed by atoms with Gasteiger partial charge in [0.2, 0.25) is 11.9 Å². The molecular weight excluding hydrogens is 336 g/mol. The Bertz CT molecular complexity index is 670. The van der Waals surface area contributed by atoms with Crippen molar-refractivity contribution in [2.24, 2.45) is 5.92 Å². The Morgan fingerprint density at radius 2 is 2.04 bits per heavy atom. The van der Waals surface area contributed by atoms with Crippen LogP contribution in [0.5, 0.6) is 0 Å². The number of amides is 1. The average Bonchev–Trinajstić information content (AvgIpc) is 3.11. The predicted octanol–water partition coefficient (Wildman–Crippen LogP) is 0.877. The van der Waals surface area contributed by atoms with Crippen LogP contribution in [-0.2, 0) is 9.53 Å². The van der Waals surface area contributed by atoms with Gasteiger partial charge in [0.05, 0.1) is 13.2 Å². The van der Waals surface area contributed by atoms with E-state index in [0.29, 0.717) is 32.5 Å². The number of hydrazine groups is 1. The zero-order valence-corrected chi connectivity index (χ0v) is 14.5. The highest BCUT2D eigenvalue weighted by atomic mass is 16.6. The average molecular weight is 360 g/mol. The molecule has 8 nitrogen and oxygen atoms in total. The summed E-state index contributed by atoms with van der Waals surface area (Å²) in [5, 5.41) is 11.2. The molecule has 2 N–H and O–H groups in total. The number of rotatable bonds is 3. The van der Waals surface area contributed by atoms with Gasteiger partial charge >= 0.3 is 0 Å². The van der Waals surface area contributed by atoms with Gasteiger partial charge in [0.25, 0.3) is 0 Å². The van der Waals surface area contributed by atoms with Crippen molar-refractivity contribution in [3.63, 3.8) is 0 Å². The summed E-state index contributed by atoms with van der Waals surface area (Å²) in [5.41, 5.74) is 7.35. The predicted molar refractivity (Wildman–Crippen MR) is 93.7 cm³/mol. The monoisotopic (exact) mass is 360 g/mol. The molecule has 3 fully saturated rings. The van der Waals surface area contributed by atoms with Crippen molar-refractivity contribution in [3.8, 4) is 0 Å². The molecule has 0 spiro atoms. The molecule has 2 saturated heterocycles. The van der Waals surface area contributed by atoms with Crippen LogP contribution in [0.25, 0.3) is 0 Å². The number of fused-ring (bicyclic) bond motifs is 1. The third kappa shape index (κ3) is 3.32. The lowest BCUT2D eigenvalue weighted by atomic mass is 9.79. The first-order valence-electron chi connectivity index (χ1n) is 9.23. The second-order valence-electron chi connectivity index (χ2n) is 7.34. The van der Waals surface area contributed by atoms with Gasteiger partial charge in [-0.2, -0.15) is 0 Å². The maximum absolute atomic E-state index is 13.1. The van der Waals surface area contributed by atoms with Gasteiger partial charge in [-0.05, 0) is 12.0 Å². The number of hydrogen-bond donors (Lipinski definition) is 2. The quantitative estimate of drug-likeness (QED) is 0.613. The van der Waals surface area contributed by atoms with Crippen LogP contribution in [0, 0.1) is 16.0 Å². The van der Waals surface area contributed by atoms with Crippen molar-refractivity contribution in [2.45, 2.75) is 43.5 Å². The Labute approximate surface area is 152 Å². The topological polar surface area (TPSA) is 96.7 Å². The summed E-state index contributed by atoms with van der Waals surface area (Å²) in [7, 11) is 0. The van der Waals surface area contributed by atoms with Crippen LogP contribution < -0.4 is 10.9 Å². The molecule has 0 radical (unpaired) electrons. The molecule has 5 atom stereocenters. The standard InChI is InChI=1S/C18H24N4O4/c23-18(17-14-10-13(22(24)25)6-7-15(14)19-20-17)21-8-9-26-16(11-21)12-4-2-1-3-5-12/h1-5,13-17,19-20H,6-11H2. The number of nitrogens with zero attached hydrogens (tertiary/aromatic N) is 2. The summed E-state index contributed by atoms with van der Waals surface area (Å²) in [6.45, 7) is 1.56. The Hall–Kier alpha value is -2.03. The number of nitrogens with one attached hydrogen (secondary N) is 2. The molecule has 3 aliphatic rings. The lowest BCUT2D eigenvalue weighted by Gasteiger charge is -2.36. The van der Waals surface area contributed by atoms with E-state index in [9.17, 15) is 14.9 Å². The van der Waals surface area contributed by atoms with E-state index in [1.165, 1.54) is 0 Å². The van der Waals surface area contributed by atoms with E-state index in [0.717, 1.165) is 12.0 Å². The van der Waals surface area contributed by atoms with Crippen molar-refractivity contribution in [3.05, 3.63) is 46.0 Å². The van der Waals surface area contributed by atoms with E-state index in [2.05, 4.69) is 10.9 Å². The van der Waals surface area contributed by atoms with Crippen LogP contribution >= 0.6 is 0 Å². The number of hydrogen-bond acceptors (Lipinski definition) is 6. The molecule has 4 rings (SSSR count). The first-order valence-corrected chi connectivity index (χ1v) is 9.23. The third-order valence-electron chi connectivity index (χ3n) is 5.84. The fraction of sp³-hybridized carbons (Fsp3) is 0.611. The van der Waals surface area contributed by atoms with Crippen LogP contribution in [0.3, 0.4) is 0 Å². The van der Waals surface area contributed by atoms with Crippen molar-refractivity contribution >= 4 is 5.91 Å². The molecule has 1 saturated carbocycles. The Kier molecular flexibility index (Phi) is 4.88. The Morgan fingerprint density at radius 1 is 1.23 bits per heavy atom. The first-order chi connectivity index (χ1) is 12.6. The molecule has 0 bridgehead atoms. The third-order valence-corrected chi connectivity index (χ3v) is 5.84. The maximum Gasteiger partial charge on any atom is 0.241 e. The molecule has 1 aliphatic carbocycles. The number of morpholine rings is 1. The highest BCUT2D eigenvalue weighted by molar-refractivity contribution is 5.83. The van der Waals surface area contributed by atoms with Gasteiger partial charge in [-0.1, -0.05) is 30.3 Å². The van der Waals surface area contributed by atoms with E-state index in [4.69, 9.17) is 4.74 Å². The molecule has 0 aromatic heterocycles. The van der Waals surface area contributed by atoms with Gasteiger partial charge in [-0.15, -0.1) is 0 Å². The van der Waals surface area contributed by atoms with Crippen LogP contribution in [0.4, 0.5) is 0 Å². The molecule has 8 heteroatoms. The minimum atomic E-state index is -0.546. The summed E-state index contributed by atoms with van der Waals surface area (Å²) >= 11 is 0. The fourth-order valence-corrected chi connectivity index (χ4v) is 4.39. The van der Waals surface area contributed by atoms with Crippen LogP contribution in [0.15, 0.2) is 30.3 Å². The number of ether oxygens (including phenoxy) is 1. The van der Waals surface area contributed by atoms with Crippen LogP contribution in [-0.4, -0.2) is 53.6 Å². The number of nitro groups is 1. The summed E-state index contributed by atoms with van der Waals surface area (Å²) in [5.74, 6) is -0.0251. The molecule has 2 heterocycles. The lowest BCUT2D eigenvalue weighted by Crippen LogP contribution is -2.52. The molecule has 1 aromatic rings. The molecule has 1 aromatic carbocycles. The smallest absolute Gasteiger partial charge is 0.241 e. The van der Waals surface area contributed by atoms with E-state index < -0.39 is 12.1 Å². The number of carbonyl (C=O) groups is 1. The van der Waals surface area contributed by atoms with Gasteiger partial charge in [0.1, 0.15) is 12.1 Å². The van der Waals surface area contributed by atoms with Crippen molar-refractivity contribution in [1.82, 2.24) is 15.8 Å². The van der Waals surface area contributed by atoms with E-state index in [-0.39, 0.29) is 28.9 Å². The van der Waals surface area contributed by atoms with Gasteiger partial charge in [0.15, 0.2) is 0 Å². The fourth-order valence-electron chi connectivity index (χ4n) is 4.39. The summed E-state index contributed by atoms with van der Waals surface area (Å²) in [6, 6.07) is 9.08. The van der Waals surface area contributed by atoms with E-state index in [1.54, 1.807) is 0 Å². The zero-order chi connectivity index (χ0) is 18.1. The highest BCUT2D eigenvalue weighted by Crippen LogP contribution is 2.33. The molecule has 2 aliphatic heterocycles. The number of benzene rings is 1. The minimum absolute atomic E-state index is 0.0122. The Balaban J connectivity index is 1.44. The van der Waals surface area contributed by atoms with Gasteiger partial charge in [-0.3, -0.25) is 20.3 Å². The lowest BCUT2D eigenvalue weighted by molar-refractivity contribution is -0.528. The highest BCUT2D eigenvalue weighted by Gasteiger charge is 2.48. The molecule has 5 unspecified atom stereocenters. The molecular formula is C18H24N4O4. The minimum Gasteiger partial charge on any atom is -0.370 e. The first kappa shape index (κ1) is 17.4. The molecule has 1 amide bonds.